The van der Waals surface area contributed by atoms with E-state index in [1.165, 1.54) is 163 Å². The third-order valence-electron chi connectivity index (χ3n) is 17.7. The number of rotatable bonds is 4. The molecule has 0 spiro atoms. The van der Waals surface area contributed by atoms with Crippen LogP contribution >= 0.6 is 0 Å². The first-order chi connectivity index (χ1) is 41.7. The zero-order chi connectivity index (χ0) is 59.0. The second-order valence-corrected chi connectivity index (χ2v) is 35.1. The minimum Gasteiger partial charge on any atom is -1.00 e. The van der Waals surface area contributed by atoms with Crippen LogP contribution in [0.2, 0.25) is 13.1 Å². The SMILES string of the molecule is CC(C)(C)c1cc2c(-c3c4ccccc4cc4ccccc34)ccc(-c3c4ccccc4cc4ccccc34)c2[cH-]1.CC(C)(C)c1cc2c(-c3c4ccccc4cc4ccccc34)ccc(-c3c4ccccc4cc4ccccc34)c2[cH-]1.C[Si](C)=[Zr+2].[Cl-].[Cl-]. The molecule has 88 heavy (non-hydrogen) atoms. The van der Waals surface area contributed by atoms with Gasteiger partial charge in [-0.05, 0) is 144 Å². The Morgan fingerprint density at radius 2 is 0.443 bits per heavy atom. The van der Waals surface area contributed by atoms with E-state index in [9.17, 15) is 0 Å². The minimum absolute atomic E-state index is 0. The molecular formula is C84H68Cl2SiZr-2. The van der Waals surface area contributed by atoms with Crippen LogP contribution in [0.1, 0.15) is 52.7 Å². The van der Waals surface area contributed by atoms with Crippen LogP contribution in [0.5, 0.6) is 0 Å². The van der Waals surface area contributed by atoms with E-state index < -0.39 is 0 Å². The monoisotopic (exact) mass is 1260 g/mol. The predicted molar refractivity (Wildman–Crippen MR) is 376 cm³/mol. The standard InChI is InChI=1S/2C41H31.C2H6Si.2ClH.Zr/c2*1-41(2,3)30-24-37-35(39-31-16-8-4-12-26(31)22-27-13-5-9-17-32(27)39)20-21-36(38(37)25-30)40-33-18-10-6-14-28(33)23-29-15-7-11-19-34(29)40;1-3-2;;;/h2*4-25H,1-3H3;1-2H3;2*1H;/q2*-1;;;;+2/p-2. The summed E-state index contributed by atoms with van der Waals surface area (Å²) in [6.07, 6.45) is 0. The van der Waals surface area contributed by atoms with Gasteiger partial charge in [0, 0.05) is 0 Å². The molecule has 0 aliphatic carbocycles. The summed E-state index contributed by atoms with van der Waals surface area (Å²) in [5.41, 5.74) is 13.5. The fourth-order valence-electron chi connectivity index (χ4n) is 13.6. The second-order valence-electron chi connectivity index (χ2n) is 25.7. The van der Waals surface area contributed by atoms with Crippen LogP contribution in [0, 0.1) is 0 Å². The first-order valence-corrected chi connectivity index (χ1v) is 36.5. The van der Waals surface area contributed by atoms with E-state index in [1.54, 1.807) is 23.3 Å². The van der Waals surface area contributed by atoms with Gasteiger partial charge in [-0.25, -0.2) is 0 Å². The van der Waals surface area contributed by atoms with E-state index in [4.69, 9.17) is 0 Å². The first-order valence-electron chi connectivity index (χ1n) is 30.3. The van der Waals surface area contributed by atoms with Gasteiger partial charge in [-0.1, -0.05) is 282 Å². The summed E-state index contributed by atoms with van der Waals surface area (Å²) >= 11 is 1.74. The largest absolute Gasteiger partial charge is 1.00 e. The van der Waals surface area contributed by atoms with Crippen molar-refractivity contribution in [2.75, 3.05) is 0 Å². The summed E-state index contributed by atoms with van der Waals surface area (Å²) in [4.78, 5) is 0. The van der Waals surface area contributed by atoms with Gasteiger partial charge in [0.15, 0.2) is 0 Å². The van der Waals surface area contributed by atoms with E-state index in [0.29, 0.717) is 0 Å². The average molecular weight is 1270 g/mol. The van der Waals surface area contributed by atoms with Crippen LogP contribution < -0.4 is 24.8 Å². The molecule has 0 aromatic heterocycles. The molecule has 16 aromatic carbocycles. The van der Waals surface area contributed by atoms with Crippen molar-refractivity contribution < 1.29 is 48.1 Å². The van der Waals surface area contributed by atoms with Crippen molar-refractivity contribution in [2.45, 2.75) is 65.5 Å². The Kier molecular flexibility index (Phi) is 16.6. The summed E-state index contributed by atoms with van der Waals surface area (Å²) < 4.78 is 0. The molecule has 16 rings (SSSR count). The Balaban J connectivity index is 0.000000158. The molecule has 0 bridgehead atoms. The molecule has 0 nitrogen and oxygen atoms in total. The van der Waals surface area contributed by atoms with Gasteiger partial charge in [0.25, 0.3) is 0 Å². The van der Waals surface area contributed by atoms with Crippen molar-refractivity contribution in [3.05, 3.63) is 278 Å². The van der Waals surface area contributed by atoms with E-state index >= 15 is 0 Å². The Bertz CT molecular complexity index is 4510. The number of halogens is 2. The van der Waals surface area contributed by atoms with Gasteiger partial charge in [-0.2, -0.15) is 12.1 Å². The smallest absolute Gasteiger partial charge is 1.00 e. The summed E-state index contributed by atoms with van der Waals surface area (Å²) in [6, 6.07) is 99.3. The summed E-state index contributed by atoms with van der Waals surface area (Å²) in [5.74, 6) is 0. The average Bonchev–Trinajstić information content (AvgIpc) is 2.04. The molecule has 0 aliphatic rings. The van der Waals surface area contributed by atoms with Crippen molar-refractivity contribution in [3.8, 4) is 44.5 Å². The van der Waals surface area contributed by atoms with Crippen molar-refractivity contribution in [1.29, 1.82) is 0 Å². The molecule has 0 fully saturated rings. The molecule has 428 valence electrons. The molecule has 16 aromatic rings. The van der Waals surface area contributed by atoms with Crippen molar-refractivity contribution in [2.24, 2.45) is 0 Å². The van der Waals surface area contributed by atoms with Crippen LogP contribution in [0.15, 0.2) is 267 Å². The maximum atomic E-state index is 2.46. The number of hydrogen-bond acceptors (Lipinski definition) is 0. The van der Waals surface area contributed by atoms with E-state index in [2.05, 4.69) is 322 Å². The number of benzene rings is 14. The zero-order valence-electron chi connectivity index (χ0n) is 51.2. The molecule has 0 unspecified atom stereocenters. The van der Waals surface area contributed by atoms with E-state index in [-0.39, 0.29) is 41.1 Å². The quantitative estimate of drug-likeness (QED) is 0.0936. The molecule has 0 atom stereocenters. The van der Waals surface area contributed by atoms with Gasteiger partial charge in [0.1, 0.15) is 0 Å². The fraction of sp³-hybridized carbons (Fsp3) is 0.119. The van der Waals surface area contributed by atoms with Crippen molar-refractivity contribution >= 4 is 113 Å². The second kappa shape index (κ2) is 24.2. The minimum atomic E-state index is 0. The summed E-state index contributed by atoms with van der Waals surface area (Å²) in [7, 11) is 0. The molecule has 4 heteroatoms. The first kappa shape index (κ1) is 60.3. The normalized spacial score (nSPS) is 11.8. The van der Waals surface area contributed by atoms with E-state index in [0.717, 1.165) is 0 Å². The van der Waals surface area contributed by atoms with Crippen LogP contribution in [-0.4, -0.2) is 5.43 Å². The van der Waals surface area contributed by atoms with Crippen LogP contribution in [0.3, 0.4) is 0 Å². The van der Waals surface area contributed by atoms with Crippen LogP contribution in [0.4, 0.5) is 0 Å². The van der Waals surface area contributed by atoms with Crippen LogP contribution in [-0.2, 0) is 34.2 Å². The maximum absolute atomic E-state index is 2.46. The molecule has 0 heterocycles. The Morgan fingerprint density at radius 3 is 0.648 bits per heavy atom. The molecule has 0 saturated carbocycles. The Hall–Kier alpha value is -7.94. The zero-order valence-corrected chi connectivity index (χ0v) is 56.1. The third-order valence-corrected chi connectivity index (χ3v) is 17.7. The van der Waals surface area contributed by atoms with Gasteiger partial charge >= 0.3 is 41.9 Å². The topological polar surface area (TPSA) is 0 Å². The molecule has 0 amide bonds. The van der Waals surface area contributed by atoms with Gasteiger partial charge in [0.05, 0.1) is 0 Å². The number of fused-ring (bicyclic) bond motifs is 10. The van der Waals surface area contributed by atoms with Crippen LogP contribution in [0.25, 0.3) is 152 Å². The number of hydrogen-bond donors (Lipinski definition) is 0. The van der Waals surface area contributed by atoms with Gasteiger partial charge < -0.3 is 24.8 Å². The van der Waals surface area contributed by atoms with Gasteiger partial charge in [-0.15, -0.1) is 44.8 Å². The molecular weight excluding hydrogens is 1200 g/mol. The summed E-state index contributed by atoms with van der Waals surface area (Å²) in [6.45, 7) is 18.5. The molecule has 0 N–H and O–H groups in total. The third kappa shape index (κ3) is 10.9. The molecule has 0 saturated heterocycles. The van der Waals surface area contributed by atoms with Crippen molar-refractivity contribution in [1.82, 2.24) is 0 Å². The summed E-state index contributed by atoms with van der Waals surface area (Å²) in [5, 5.41) is 25.9. The maximum Gasteiger partial charge on any atom is -1.00 e. The van der Waals surface area contributed by atoms with Gasteiger partial charge in [0.2, 0.25) is 0 Å². The Morgan fingerprint density at radius 1 is 0.261 bits per heavy atom. The fourth-order valence-corrected chi connectivity index (χ4v) is 13.6. The Labute approximate surface area is 544 Å². The van der Waals surface area contributed by atoms with Gasteiger partial charge in [-0.3, -0.25) is 0 Å². The predicted octanol–water partition coefficient (Wildman–Crippen LogP) is 18.4. The van der Waals surface area contributed by atoms with E-state index in [1.807, 2.05) is 0 Å². The van der Waals surface area contributed by atoms with Crippen molar-refractivity contribution in [3.63, 3.8) is 0 Å². The molecule has 0 radical (unpaired) electrons. The molecule has 0 aliphatic heterocycles.